The van der Waals surface area contributed by atoms with Gasteiger partial charge in [0.1, 0.15) is 5.84 Å². The fraction of sp³-hybridized carbons (Fsp3) is 0.462. The third-order valence-corrected chi connectivity index (χ3v) is 4.35. The molecule has 104 valence electrons. The van der Waals surface area contributed by atoms with E-state index in [9.17, 15) is 8.42 Å². The molecule has 0 spiro atoms. The summed E-state index contributed by atoms with van der Waals surface area (Å²) in [7, 11) is -1.83. The predicted octanol–water partition coefficient (Wildman–Crippen LogP) is 1.54. The van der Waals surface area contributed by atoms with Crippen LogP contribution in [0.2, 0.25) is 0 Å². The van der Waals surface area contributed by atoms with Crippen molar-refractivity contribution in [2.75, 3.05) is 13.7 Å². The molecule has 1 N–H and O–H groups in total. The summed E-state index contributed by atoms with van der Waals surface area (Å²) in [5.41, 5.74) is 0.639. The first-order valence-electron chi connectivity index (χ1n) is 6.27. The number of nitrogens with zero attached hydrogens (tertiary/aromatic N) is 1. The van der Waals surface area contributed by atoms with Crippen LogP contribution in [0.5, 0.6) is 0 Å². The molecule has 0 saturated carbocycles. The summed E-state index contributed by atoms with van der Waals surface area (Å²) >= 11 is 0. The second kappa shape index (κ2) is 5.71. The van der Waals surface area contributed by atoms with Gasteiger partial charge in [0.05, 0.1) is 17.5 Å². The first-order chi connectivity index (χ1) is 9.08. The van der Waals surface area contributed by atoms with Crippen molar-refractivity contribution in [3.05, 3.63) is 29.8 Å². The molecule has 0 fully saturated rings. The minimum atomic E-state index is -3.45. The van der Waals surface area contributed by atoms with Gasteiger partial charge < -0.3 is 4.74 Å². The van der Waals surface area contributed by atoms with Crippen LogP contribution >= 0.6 is 0 Å². The highest BCUT2D eigenvalue weighted by molar-refractivity contribution is 7.90. The zero-order valence-electron chi connectivity index (χ0n) is 11.1. The molecule has 1 aromatic carbocycles. The molecule has 0 amide bonds. The van der Waals surface area contributed by atoms with Gasteiger partial charge in [-0.1, -0.05) is 25.5 Å². The summed E-state index contributed by atoms with van der Waals surface area (Å²) in [6.45, 7) is 2.55. The van der Waals surface area contributed by atoms with Crippen LogP contribution in [0.15, 0.2) is 34.2 Å². The van der Waals surface area contributed by atoms with Crippen molar-refractivity contribution in [1.29, 1.82) is 0 Å². The van der Waals surface area contributed by atoms with Gasteiger partial charge in [-0.3, -0.25) is 9.71 Å². The molecule has 0 saturated heterocycles. The van der Waals surface area contributed by atoms with Crippen molar-refractivity contribution in [1.82, 2.24) is 4.72 Å². The van der Waals surface area contributed by atoms with Crippen molar-refractivity contribution in [3.8, 4) is 0 Å². The Kier molecular flexibility index (Phi) is 4.21. The maximum Gasteiger partial charge on any atom is 0.263 e. The lowest BCUT2D eigenvalue weighted by Gasteiger charge is -2.11. The minimum absolute atomic E-state index is 0.0288. The number of nitrogens with one attached hydrogen (secondary N) is 1. The fourth-order valence-electron chi connectivity index (χ4n) is 2.12. The zero-order chi connectivity index (χ0) is 13.9. The fourth-order valence-corrected chi connectivity index (χ4v) is 3.36. The maximum absolute atomic E-state index is 11.9. The van der Waals surface area contributed by atoms with Crippen LogP contribution in [0.25, 0.3) is 0 Å². The molecule has 1 aromatic rings. The number of aliphatic imine (C=N–C) groups is 1. The van der Waals surface area contributed by atoms with E-state index in [0.29, 0.717) is 22.9 Å². The lowest BCUT2D eigenvalue weighted by molar-refractivity contribution is 0.177. The molecule has 1 aliphatic heterocycles. The lowest BCUT2D eigenvalue weighted by Crippen LogP contribution is -2.25. The number of benzene rings is 1. The predicted molar refractivity (Wildman–Crippen MR) is 73.9 cm³/mol. The van der Waals surface area contributed by atoms with Crippen LogP contribution in [-0.4, -0.2) is 34.0 Å². The molecule has 6 heteroatoms. The van der Waals surface area contributed by atoms with Gasteiger partial charge in [0.15, 0.2) is 0 Å². The van der Waals surface area contributed by atoms with Gasteiger partial charge in [0, 0.05) is 12.7 Å². The Bertz CT molecular complexity index is 575. The monoisotopic (exact) mass is 282 g/mol. The second-order valence-electron chi connectivity index (χ2n) is 4.48. The van der Waals surface area contributed by atoms with Gasteiger partial charge in [-0.05, 0) is 18.6 Å². The largest absolute Gasteiger partial charge is 0.382 e. The first-order valence-corrected chi connectivity index (χ1v) is 7.75. The molecule has 1 atom stereocenters. The number of fused-ring (bicyclic) bond motifs is 1. The minimum Gasteiger partial charge on any atom is -0.382 e. The van der Waals surface area contributed by atoms with Gasteiger partial charge in [0.2, 0.25) is 0 Å². The Hall–Kier alpha value is -1.40. The molecule has 19 heavy (non-hydrogen) atoms. The van der Waals surface area contributed by atoms with E-state index in [0.717, 1.165) is 12.8 Å². The molecule has 5 nitrogen and oxygen atoms in total. The Morgan fingerprint density at radius 3 is 2.79 bits per heavy atom. The molecular weight excluding hydrogens is 264 g/mol. The normalized spacial score (nSPS) is 20.0. The van der Waals surface area contributed by atoms with E-state index in [2.05, 4.69) is 16.6 Å². The average molecular weight is 282 g/mol. The third kappa shape index (κ3) is 2.96. The quantitative estimate of drug-likeness (QED) is 0.890. The summed E-state index contributed by atoms with van der Waals surface area (Å²) in [5.74, 6) is 0.422. The Morgan fingerprint density at radius 2 is 2.11 bits per heavy atom. The van der Waals surface area contributed by atoms with Crippen LogP contribution in [0, 0.1) is 0 Å². The zero-order valence-corrected chi connectivity index (χ0v) is 11.9. The maximum atomic E-state index is 11.9. The van der Waals surface area contributed by atoms with E-state index < -0.39 is 10.0 Å². The molecule has 0 bridgehead atoms. The third-order valence-electron chi connectivity index (χ3n) is 2.96. The molecule has 1 heterocycles. The molecule has 0 aliphatic carbocycles. The highest BCUT2D eigenvalue weighted by Crippen LogP contribution is 2.22. The molecule has 1 aliphatic rings. The van der Waals surface area contributed by atoms with Crippen LogP contribution in [-0.2, 0) is 14.8 Å². The molecule has 0 radical (unpaired) electrons. The van der Waals surface area contributed by atoms with E-state index >= 15 is 0 Å². The number of ether oxygens (including phenoxy) is 1. The van der Waals surface area contributed by atoms with Crippen molar-refractivity contribution >= 4 is 15.9 Å². The molecule has 2 rings (SSSR count). The standard InChI is InChI=1S/C13H18N2O3S/c1-3-6-10(9-18-2)14-13-11-7-4-5-8-12(11)19(16,17)15-13/h4-5,7-8,10H,3,6,9H2,1-2H3,(H,14,15). The van der Waals surface area contributed by atoms with E-state index in [-0.39, 0.29) is 6.04 Å². The smallest absolute Gasteiger partial charge is 0.263 e. The summed E-state index contributed by atoms with van der Waals surface area (Å²) in [4.78, 5) is 4.79. The molecule has 0 aromatic heterocycles. The number of rotatable bonds is 5. The van der Waals surface area contributed by atoms with Crippen molar-refractivity contribution in [2.24, 2.45) is 4.99 Å². The summed E-state index contributed by atoms with van der Waals surface area (Å²) in [6.07, 6.45) is 1.83. The van der Waals surface area contributed by atoms with Crippen LogP contribution in [0.3, 0.4) is 0 Å². The summed E-state index contributed by atoms with van der Waals surface area (Å²) in [6, 6.07) is 6.84. The van der Waals surface area contributed by atoms with E-state index in [1.54, 1.807) is 25.3 Å². The summed E-state index contributed by atoms with van der Waals surface area (Å²) < 4.78 is 31.5. The SMILES string of the molecule is CCCC(COC)N=C1NS(=O)(=O)c2ccccc21. The average Bonchev–Trinajstić information content (AvgIpc) is 2.63. The highest BCUT2D eigenvalue weighted by Gasteiger charge is 2.30. The molecule has 1 unspecified atom stereocenters. The Labute approximate surface area is 113 Å². The van der Waals surface area contributed by atoms with E-state index in [1.807, 2.05) is 6.07 Å². The van der Waals surface area contributed by atoms with Crippen LogP contribution in [0.4, 0.5) is 0 Å². The number of hydrogen-bond acceptors (Lipinski definition) is 4. The number of sulfonamides is 1. The second-order valence-corrected chi connectivity index (χ2v) is 6.13. The first kappa shape index (κ1) is 14.0. The highest BCUT2D eigenvalue weighted by atomic mass is 32.2. The van der Waals surface area contributed by atoms with Crippen molar-refractivity contribution < 1.29 is 13.2 Å². The van der Waals surface area contributed by atoms with Crippen molar-refractivity contribution in [3.63, 3.8) is 0 Å². The van der Waals surface area contributed by atoms with Gasteiger partial charge in [-0.15, -0.1) is 0 Å². The van der Waals surface area contributed by atoms with E-state index in [4.69, 9.17) is 4.74 Å². The number of methoxy groups -OCH3 is 1. The van der Waals surface area contributed by atoms with Gasteiger partial charge in [0.25, 0.3) is 10.0 Å². The van der Waals surface area contributed by atoms with Gasteiger partial charge >= 0.3 is 0 Å². The summed E-state index contributed by atoms with van der Waals surface area (Å²) in [5, 5.41) is 0. The van der Waals surface area contributed by atoms with Crippen molar-refractivity contribution in [2.45, 2.75) is 30.7 Å². The topological polar surface area (TPSA) is 67.8 Å². The van der Waals surface area contributed by atoms with Crippen LogP contribution in [0.1, 0.15) is 25.3 Å². The van der Waals surface area contributed by atoms with E-state index in [1.165, 1.54) is 0 Å². The van der Waals surface area contributed by atoms with Crippen LogP contribution < -0.4 is 4.72 Å². The Morgan fingerprint density at radius 1 is 1.37 bits per heavy atom. The van der Waals surface area contributed by atoms with Gasteiger partial charge in [-0.2, -0.15) is 0 Å². The Balaban J connectivity index is 2.37. The molecular formula is C13H18N2O3S. The van der Waals surface area contributed by atoms with Gasteiger partial charge in [-0.25, -0.2) is 8.42 Å². The number of hydrogen-bond donors (Lipinski definition) is 1. The lowest BCUT2D eigenvalue weighted by atomic mass is 10.1. The number of amidine groups is 1.